The van der Waals surface area contributed by atoms with Crippen LogP contribution < -0.4 is 5.73 Å². The van der Waals surface area contributed by atoms with Gasteiger partial charge in [-0.05, 0) is 13.8 Å². The van der Waals surface area contributed by atoms with Crippen LogP contribution in [0.25, 0.3) is 0 Å². The Bertz CT molecular complexity index is 160. The first-order chi connectivity index (χ1) is 7.26. The van der Waals surface area contributed by atoms with E-state index < -0.39 is 0 Å². The van der Waals surface area contributed by atoms with Crippen LogP contribution in [-0.2, 0) is 9.47 Å². The Kier molecular flexibility index (Phi) is 5.53. The van der Waals surface area contributed by atoms with Gasteiger partial charge in [-0.25, -0.2) is 0 Å². The van der Waals surface area contributed by atoms with Gasteiger partial charge in [0.25, 0.3) is 0 Å². The van der Waals surface area contributed by atoms with Crippen LogP contribution in [0.4, 0.5) is 0 Å². The maximum atomic E-state index is 5.76. The molecule has 0 bridgehead atoms. The summed E-state index contributed by atoms with van der Waals surface area (Å²) in [6.45, 7) is 9.24. The minimum absolute atomic E-state index is 0.325. The minimum Gasteiger partial charge on any atom is -0.350 e. The number of hydrogen-bond acceptors (Lipinski definition) is 4. The van der Waals surface area contributed by atoms with Gasteiger partial charge >= 0.3 is 0 Å². The summed E-state index contributed by atoms with van der Waals surface area (Å²) in [5.74, 6) is -0.325. The first-order valence-corrected chi connectivity index (χ1v) is 5.96. The van der Waals surface area contributed by atoms with Crippen molar-refractivity contribution in [2.45, 2.75) is 32.5 Å². The molecule has 0 spiro atoms. The smallest absolute Gasteiger partial charge is 0.170 e. The maximum Gasteiger partial charge on any atom is 0.170 e. The van der Waals surface area contributed by atoms with Crippen LogP contribution in [0.2, 0.25) is 0 Å². The summed E-state index contributed by atoms with van der Waals surface area (Å²) in [7, 11) is 0. The standard InChI is InChI=1S/C11H24N2O2/c1-3-14-11(15-4-2)5-8-13(9-6-11)10-7-12/h3-10,12H2,1-2H3. The number of hydrogen-bond donors (Lipinski definition) is 1. The van der Waals surface area contributed by atoms with Gasteiger partial charge in [-0.2, -0.15) is 0 Å². The number of piperidine rings is 1. The molecule has 0 aromatic carbocycles. The second-order valence-corrected chi connectivity index (χ2v) is 3.91. The highest BCUT2D eigenvalue weighted by molar-refractivity contribution is 4.80. The van der Waals surface area contributed by atoms with E-state index in [2.05, 4.69) is 4.90 Å². The highest BCUT2D eigenvalue weighted by Crippen LogP contribution is 2.27. The van der Waals surface area contributed by atoms with E-state index in [1.807, 2.05) is 13.8 Å². The van der Waals surface area contributed by atoms with Crippen molar-refractivity contribution in [1.82, 2.24) is 4.90 Å². The van der Waals surface area contributed by atoms with E-state index in [9.17, 15) is 0 Å². The Hall–Kier alpha value is -0.160. The quantitative estimate of drug-likeness (QED) is 0.668. The first-order valence-electron chi connectivity index (χ1n) is 5.96. The molecule has 4 heteroatoms. The summed E-state index contributed by atoms with van der Waals surface area (Å²) in [5, 5.41) is 0. The minimum atomic E-state index is -0.325. The molecule has 0 aliphatic carbocycles. The van der Waals surface area contributed by atoms with Crippen molar-refractivity contribution in [2.75, 3.05) is 39.4 Å². The van der Waals surface area contributed by atoms with Gasteiger partial charge in [0.05, 0.1) is 0 Å². The molecule has 1 fully saturated rings. The zero-order chi connectivity index (χ0) is 11.1. The third kappa shape index (κ3) is 3.72. The molecule has 0 aromatic heterocycles. The third-order valence-electron chi connectivity index (χ3n) is 2.88. The van der Waals surface area contributed by atoms with Crippen molar-refractivity contribution >= 4 is 0 Å². The second kappa shape index (κ2) is 6.43. The number of nitrogens with zero attached hydrogens (tertiary/aromatic N) is 1. The number of rotatable bonds is 6. The topological polar surface area (TPSA) is 47.7 Å². The largest absolute Gasteiger partial charge is 0.350 e. The van der Waals surface area contributed by atoms with Crippen LogP contribution >= 0.6 is 0 Å². The van der Waals surface area contributed by atoms with Crippen molar-refractivity contribution in [3.63, 3.8) is 0 Å². The molecule has 0 saturated carbocycles. The van der Waals surface area contributed by atoms with Crippen molar-refractivity contribution < 1.29 is 9.47 Å². The number of nitrogens with two attached hydrogens (primary N) is 1. The zero-order valence-electron chi connectivity index (χ0n) is 10.00. The van der Waals surface area contributed by atoms with Crippen LogP contribution in [0.1, 0.15) is 26.7 Å². The fraction of sp³-hybridized carbons (Fsp3) is 1.00. The molecule has 0 unspecified atom stereocenters. The van der Waals surface area contributed by atoms with Gasteiger partial charge in [0, 0.05) is 52.2 Å². The van der Waals surface area contributed by atoms with E-state index in [-0.39, 0.29) is 5.79 Å². The molecule has 15 heavy (non-hydrogen) atoms. The van der Waals surface area contributed by atoms with Crippen LogP contribution in [-0.4, -0.2) is 50.1 Å². The van der Waals surface area contributed by atoms with Gasteiger partial charge in [0.2, 0.25) is 0 Å². The van der Waals surface area contributed by atoms with Crippen molar-refractivity contribution in [1.29, 1.82) is 0 Å². The Morgan fingerprint density at radius 1 is 1.13 bits per heavy atom. The molecule has 4 nitrogen and oxygen atoms in total. The van der Waals surface area contributed by atoms with Gasteiger partial charge in [-0.3, -0.25) is 0 Å². The van der Waals surface area contributed by atoms with E-state index in [0.717, 1.165) is 52.2 Å². The highest BCUT2D eigenvalue weighted by Gasteiger charge is 2.35. The fourth-order valence-electron chi connectivity index (χ4n) is 2.16. The molecule has 1 rings (SSSR count). The summed E-state index contributed by atoms with van der Waals surface area (Å²) in [6, 6.07) is 0. The predicted octanol–water partition coefficient (Wildman–Crippen LogP) is 0.810. The molecule has 0 radical (unpaired) electrons. The molecular weight excluding hydrogens is 192 g/mol. The average molecular weight is 216 g/mol. The normalized spacial score (nSPS) is 21.8. The molecular formula is C11H24N2O2. The molecule has 0 atom stereocenters. The molecule has 1 aliphatic rings. The predicted molar refractivity (Wildman–Crippen MR) is 60.7 cm³/mol. The van der Waals surface area contributed by atoms with E-state index in [1.54, 1.807) is 0 Å². The SMILES string of the molecule is CCOC1(OCC)CCN(CCN)CC1. The molecule has 90 valence electrons. The summed E-state index contributed by atoms with van der Waals surface area (Å²) in [5.41, 5.74) is 5.54. The Balaban J connectivity index is 2.41. The van der Waals surface area contributed by atoms with Gasteiger partial charge < -0.3 is 20.1 Å². The Morgan fingerprint density at radius 2 is 1.67 bits per heavy atom. The van der Waals surface area contributed by atoms with Gasteiger partial charge in [0.15, 0.2) is 5.79 Å². The lowest BCUT2D eigenvalue weighted by atomic mass is 10.0. The second-order valence-electron chi connectivity index (χ2n) is 3.91. The van der Waals surface area contributed by atoms with E-state index in [4.69, 9.17) is 15.2 Å². The summed E-state index contributed by atoms with van der Waals surface area (Å²) in [4.78, 5) is 2.37. The Labute approximate surface area is 92.7 Å². The molecule has 2 N–H and O–H groups in total. The van der Waals surface area contributed by atoms with E-state index >= 15 is 0 Å². The lowest BCUT2D eigenvalue weighted by Crippen LogP contribution is -2.48. The lowest BCUT2D eigenvalue weighted by molar-refractivity contribution is -0.253. The number of likely N-dealkylation sites (tertiary alicyclic amines) is 1. The number of ether oxygens (including phenoxy) is 2. The summed E-state index contributed by atoms with van der Waals surface area (Å²) in [6.07, 6.45) is 1.91. The van der Waals surface area contributed by atoms with Crippen LogP contribution in [0.3, 0.4) is 0 Å². The summed E-state index contributed by atoms with van der Waals surface area (Å²) < 4.78 is 11.5. The van der Waals surface area contributed by atoms with Crippen molar-refractivity contribution in [2.24, 2.45) is 5.73 Å². The van der Waals surface area contributed by atoms with Crippen LogP contribution in [0.5, 0.6) is 0 Å². The van der Waals surface area contributed by atoms with Crippen LogP contribution in [0, 0.1) is 0 Å². The molecule has 0 aromatic rings. The van der Waals surface area contributed by atoms with Gasteiger partial charge in [-0.15, -0.1) is 0 Å². The average Bonchev–Trinajstić information content (AvgIpc) is 2.23. The highest BCUT2D eigenvalue weighted by atomic mass is 16.7. The fourth-order valence-corrected chi connectivity index (χ4v) is 2.16. The van der Waals surface area contributed by atoms with E-state index in [1.165, 1.54) is 0 Å². The lowest BCUT2D eigenvalue weighted by Gasteiger charge is -2.40. The zero-order valence-corrected chi connectivity index (χ0v) is 10.00. The van der Waals surface area contributed by atoms with Gasteiger partial charge in [0.1, 0.15) is 0 Å². The summed E-state index contributed by atoms with van der Waals surface area (Å²) >= 11 is 0. The molecule has 1 heterocycles. The van der Waals surface area contributed by atoms with E-state index in [0.29, 0.717) is 0 Å². The van der Waals surface area contributed by atoms with Crippen LogP contribution in [0.15, 0.2) is 0 Å². The third-order valence-corrected chi connectivity index (χ3v) is 2.88. The Morgan fingerprint density at radius 3 is 2.07 bits per heavy atom. The molecule has 1 saturated heterocycles. The van der Waals surface area contributed by atoms with Gasteiger partial charge in [-0.1, -0.05) is 0 Å². The molecule has 0 amide bonds. The monoisotopic (exact) mass is 216 g/mol. The molecule has 1 aliphatic heterocycles. The van der Waals surface area contributed by atoms with Crippen molar-refractivity contribution in [3.05, 3.63) is 0 Å². The van der Waals surface area contributed by atoms with Crippen molar-refractivity contribution in [3.8, 4) is 0 Å². The first kappa shape index (κ1) is 12.9. The maximum absolute atomic E-state index is 5.76.